The second-order valence-electron chi connectivity index (χ2n) is 2.61. The van der Waals surface area contributed by atoms with Gasteiger partial charge in [-0.3, -0.25) is 4.79 Å². The first-order valence-electron chi connectivity index (χ1n) is 3.75. The second-order valence-corrected chi connectivity index (χ2v) is 4.25. The van der Waals surface area contributed by atoms with Gasteiger partial charge in [-0.25, -0.2) is 0 Å². The van der Waals surface area contributed by atoms with Crippen LogP contribution in [-0.2, 0) is 16.0 Å². The third kappa shape index (κ3) is 2.87. The standard InChI is InChI=1S/C9H7BrCl2O2/c1-14-8(13)3-5-2-6(11)4-7(12)9(5)10/h2,4H,3H2,1H3. The minimum absolute atomic E-state index is 0.150. The van der Waals surface area contributed by atoms with Crippen LogP contribution in [0.1, 0.15) is 5.56 Å². The van der Waals surface area contributed by atoms with Crippen molar-refractivity contribution in [2.24, 2.45) is 0 Å². The molecule has 14 heavy (non-hydrogen) atoms. The number of ether oxygens (including phenoxy) is 1. The van der Waals surface area contributed by atoms with Crippen LogP contribution in [0.4, 0.5) is 0 Å². The molecular weight excluding hydrogens is 291 g/mol. The minimum atomic E-state index is -0.330. The Morgan fingerprint density at radius 2 is 2.14 bits per heavy atom. The van der Waals surface area contributed by atoms with E-state index in [1.54, 1.807) is 12.1 Å². The van der Waals surface area contributed by atoms with Crippen molar-refractivity contribution in [3.63, 3.8) is 0 Å². The summed E-state index contributed by atoms with van der Waals surface area (Å²) in [5, 5.41) is 0.980. The van der Waals surface area contributed by atoms with Crippen LogP contribution in [0.3, 0.4) is 0 Å². The molecule has 0 unspecified atom stereocenters. The number of carbonyl (C=O) groups excluding carboxylic acids is 1. The molecule has 0 amide bonds. The van der Waals surface area contributed by atoms with E-state index in [1.165, 1.54) is 7.11 Å². The Morgan fingerprint density at radius 1 is 1.50 bits per heavy atom. The first-order valence-corrected chi connectivity index (χ1v) is 5.29. The fourth-order valence-electron chi connectivity index (χ4n) is 0.966. The fraction of sp³-hybridized carbons (Fsp3) is 0.222. The summed E-state index contributed by atoms with van der Waals surface area (Å²) in [5.74, 6) is -0.330. The van der Waals surface area contributed by atoms with Crippen LogP contribution < -0.4 is 0 Å². The van der Waals surface area contributed by atoms with E-state index in [0.29, 0.717) is 20.1 Å². The lowest BCUT2D eigenvalue weighted by Gasteiger charge is -2.05. The van der Waals surface area contributed by atoms with E-state index in [2.05, 4.69) is 20.7 Å². The Morgan fingerprint density at radius 3 is 2.71 bits per heavy atom. The topological polar surface area (TPSA) is 26.3 Å². The van der Waals surface area contributed by atoms with E-state index in [1.807, 2.05) is 0 Å². The maximum absolute atomic E-state index is 11.0. The summed E-state index contributed by atoms with van der Waals surface area (Å²) >= 11 is 14.9. The lowest BCUT2D eigenvalue weighted by molar-refractivity contribution is -0.139. The van der Waals surface area contributed by atoms with Crippen LogP contribution in [0.25, 0.3) is 0 Å². The van der Waals surface area contributed by atoms with Crippen molar-refractivity contribution in [1.82, 2.24) is 0 Å². The smallest absolute Gasteiger partial charge is 0.310 e. The molecule has 0 bridgehead atoms. The van der Waals surface area contributed by atoms with Gasteiger partial charge in [0.15, 0.2) is 0 Å². The van der Waals surface area contributed by atoms with Crippen LogP contribution in [0.15, 0.2) is 16.6 Å². The number of carbonyl (C=O) groups is 1. The van der Waals surface area contributed by atoms with Crippen molar-refractivity contribution in [2.45, 2.75) is 6.42 Å². The average molecular weight is 298 g/mol. The summed E-state index contributed by atoms with van der Waals surface area (Å²) in [6, 6.07) is 3.28. The first-order chi connectivity index (χ1) is 6.54. The number of hydrogen-bond acceptors (Lipinski definition) is 2. The third-order valence-corrected chi connectivity index (χ3v) is 3.31. The van der Waals surface area contributed by atoms with E-state index in [-0.39, 0.29) is 12.4 Å². The predicted octanol–water partition coefficient (Wildman–Crippen LogP) is 3.47. The van der Waals surface area contributed by atoms with Crippen molar-refractivity contribution in [1.29, 1.82) is 0 Å². The molecule has 0 atom stereocenters. The molecular formula is C9H7BrCl2O2. The SMILES string of the molecule is COC(=O)Cc1cc(Cl)cc(Cl)c1Br. The second kappa shape index (κ2) is 5.01. The van der Waals surface area contributed by atoms with Crippen LogP contribution in [0.2, 0.25) is 10.0 Å². The van der Waals surface area contributed by atoms with Gasteiger partial charge >= 0.3 is 5.97 Å². The van der Waals surface area contributed by atoms with E-state index in [9.17, 15) is 4.79 Å². The Balaban J connectivity index is 3.02. The number of esters is 1. The van der Waals surface area contributed by atoms with Gasteiger partial charge in [0.25, 0.3) is 0 Å². The molecule has 0 aromatic heterocycles. The maximum atomic E-state index is 11.0. The number of rotatable bonds is 2. The Bertz CT molecular complexity index is 366. The van der Waals surface area contributed by atoms with Gasteiger partial charge in [0.1, 0.15) is 0 Å². The molecule has 0 aliphatic heterocycles. The zero-order valence-electron chi connectivity index (χ0n) is 7.31. The monoisotopic (exact) mass is 296 g/mol. The zero-order valence-corrected chi connectivity index (χ0v) is 10.4. The highest BCUT2D eigenvalue weighted by atomic mass is 79.9. The Hall–Kier alpha value is -0.250. The zero-order chi connectivity index (χ0) is 10.7. The highest BCUT2D eigenvalue weighted by Gasteiger charge is 2.10. The van der Waals surface area contributed by atoms with Gasteiger partial charge in [0.05, 0.1) is 18.6 Å². The van der Waals surface area contributed by atoms with Gasteiger partial charge in [-0.15, -0.1) is 0 Å². The van der Waals surface area contributed by atoms with Gasteiger partial charge in [-0.05, 0) is 33.6 Å². The molecule has 0 N–H and O–H groups in total. The van der Waals surface area contributed by atoms with E-state index < -0.39 is 0 Å². The molecule has 2 nitrogen and oxygen atoms in total. The first kappa shape index (κ1) is 11.8. The molecule has 0 saturated heterocycles. The summed E-state index contributed by atoms with van der Waals surface area (Å²) in [7, 11) is 1.34. The number of hydrogen-bond donors (Lipinski definition) is 0. The predicted molar refractivity (Wildman–Crippen MR) is 59.9 cm³/mol. The van der Waals surface area contributed by atoms with Gasteiger partial charge in [0.2, 0.25) is 0 Å². The van der Waals surface area contributed by atoms with Gasteiger partial charge in [-0.1, -0.05) is 23.2 Å². The Labute approximate surface area is 100 Å². The summed E-state index contributed by atoms with van der Waals surface area (Å²) in [4.78, 5) is 11.0. The van der Waals surface area contributed by atoms with Gasteiger partial charge < -0.3 is 4.74 Å². The quantitative estimate of drug-likeness (QED) is 0.617. The molecule has 0 heterocycles. The highest BCUT2D eigenvalue weighted by molar-refractivity contribution is 9.10. The molecule has 0 spiro atoms. The molecule has 1 rings (SSSR count). The fourth-order valence-corrected chi connectivity index (χ4v) is 1.87. The summed E-state index contributed by atoms with van der Waals surface area (Å²) in [5.41, 5.74) is 0.717. The van der Waals surface area contributed by atoms with E-state index in [4.69, 9.17) is 23.2 Å². The summed E-state index contributed by atoms with van der Waals surface area (Å²) < 4.78 is 5.22. The molecule has 5 heteroatoms. The largest absolute Gasteiger partial charge is 0.469 e. The molecule has 0 saturated carbocycles. The van der Waals surface area contributed by atoms with Crippen LogP contribution >= 0.6 is 39.1 Å². The lowest BCUT2D eigenvalue weighted by atomic mass is 10.1. The van der Waals surface area contributed by atoms with Crippen LogP contribution in [-0.4, -0.2) is 13.1 Å². The number of methoxy groups -OCH3 is 1. The van der Waals surface area contributed by atoms with E-state index in [0.717, 1.165) is 0 Å². The van der Waals surface area contributed by atoms with Gasteiger partial charge in [-0.2, -0.15) is 0 Å². The molecule has 76 valence electrons. The van der Waals surface area contributed by atoms with Crippen LogP contribution in [0.5, 0.6) is 0 Å². The average Bonchev–Trinajstić information content (AvgIpc) is 2.13. The van der Waals surface area contributed by atoms with Crippen molar-refractivity contribution in [3.8, 4) is 0 Å². The molecule has 1 aromatic rings. The Kier molecular flexibility index (Phi) is 4.23. The van der Waals surface area contributed by atoms with E-state index >= 15 is 0 Å². The minimum Gasteiger partial charge on any atom is -0.469 e. The molecule has 0 fully saturated rings. The van der Waals surface area contributed by atoms with Crippen LogP contribution in [0, 0.1) is 0 Å². The molecule has 0 aliphatic rings. The van der Waals surface area contributed by atoms with Crippen molar-refractivity contribution in [3.05, 3.63) is 32.2 Å². The lowest BCUT2D eigenvalue weighted by Crippen LogP contribution is -2.05. The van der Waals surface area contributed by atoms with Crippen molar-refractivity contribution >= 4 is 45.1 Å². The number of benzene rings is 1. The van der Waals surface area contributed by atoms with Gasteiger partial charge in [0, 0.05) is 9.50 Å². The molecule has 1 aromatic carbocycles. The number of halogens is 3. The normalized spacial score (nSPS) is 10.0. The summed E-state index contributed by atoms with van der Waals surface area (Å²) in [6.07, 6.45) is 0.150. The molecule has 0 aliphatic carbocycles. The maximum Gasteiger partial charge on any atom is 0.310 e. The van der Waals surface area contributed by atoms with Crippen molar-refractivity contribution < 1.29 is 9.53 Å². The summed E-state index contributed by atoms with van der Waals surface area (Å²) in [6.45, 7) is 0. The third-order valence-electron chi connectivity index (χ3n) is 1.63. The molecule has 0 radical (unpaired) electrons. The highest BCUT2D eigenvalue weighted by Crippen LogP contribution is 2.30. The van der Waals surface area contributed by atoms with Crippen molar-refractivity contribution in [2.75, 3.05) is 7.11 Å².